The van der Waals surface area contributed by atoms with Crippen LogP contribution in [-0.4, -0.2) is 11.9 Å². The zero-order valence-electron chi connectivity index (χ0n) is 9.20. The highest BCUT2D eigenvalue weighted by atomic mass is 16.2. The summed E-state index contributed by atoms with van der Waals surface area (Å²) < 4.78 is 0. The summed E-state index contributed by atoms with van der Waals surface area (Å²) in [6, 6.07) is 5.79. The zero-order chi connectivity index (χ0) is 11.5. The normalized spacial score (nSPS) is 15.6. The highest BCUT2D eigenvalue weighted by molar-refractivity contribution is 5.81. The molecule has 1 aliphatic carbocycles. The Morgan fingerprint density at radius 1 is 1.38 bits per heavy atom. The first kappa shape index (κ1) is 11.1. The lowest BCUT2D eigenvalue weighted by Crippen LogP contribution is -2.45. The average Bonchev–Trinajstić information content (AvgIpc) is 2.75. The van der Waals surface area contributed by atoms with E-state index in [4.69, 9.17) is 11.6 Å². The minimum Gasteiger partial charge on any atom is -0.320 e. The maximum Gasteiger partial charge on any atom is 0.251 e. The van der Waals surface area contributed by atoms with Gasteiger partial charge in [-0.1, -0.05) is 18.2 Å². The summed E-state index contributed by atoms with van der Waals surface area (Å²) in [4.78, 5) is 11.2. The number of amides is 1. The van der Waals surface area contributed by atoms with E-state index in [0.29, 0.717) is 6.42 Å². The topological polar surface area (TPSA) is 81.1 Å². The van der Waals surface area contributed by atoms with Crippen molar-refractivity contribution in [2.24, 2.45) is 11.6 Å². The van der Waals surface area contributed by atoms with Crippen molar-refractivity contribution in [3.63, 3.8) is 0 Å². The van der Waals surface area contributed by atoms with Gasteiger partial charge in [-0.2, -0.15) is 0 Å². The van der Waals surface area contributed by atoms with Gasteiger partial charge in [0.05, 0.1) is 6.04 Å². The van der Waals surface area contributed by atoms with Crippen LogP contribution in [0, 0.1) is 0 Å². The Morgan fingerprint density at radius 3 is 2.88 bits per heavy atom. The van der Waals surface area contributed by atoms with E-state index in [-0.39, 0.29) is 5.91 Å². The molecule has 5 N–H and O–H groups in total. The second-order valence-electron chi connectivity index (χ2n) is 4.28. The van der Waals surface area contributed by atoms with Gasteiger partial charge in [-0.05, 0) is 42.4 Å². The lowest BCUT2D eigenvalue weighted by molar-refractivity contribution is -0.122. The van der Waals surface area contributed by atoms with E-state index < -0.39 is 6.04 Å². The Balaban J connectivity index is 2.08. The fourth-order valence-corrected chi connectivity index (χ4v) is 2.21. The van der Waals surface area contributed by atoms with Crippen molar-refractivity contribution in [2.45, 2.75) is 31.7 Å². The number of nitrogens with one attached hydrogen (secondary N) is 1. The molecule has 0 radical (unpaired) electrons. The first-order chi connectivity index (χ1) is 7.70. The van der Waals surface area contributed by atoms with Crippen molar-refractivity contribution < 1.29 is 4.79 Å². The Morgan fingerprint density at radius 2 is 2.12 bits per heavy atom. The Labute approximate surface area is 95.0 Å². The number of fused-ring (bicyclic) bond motifs is 1. The number of hydrogen-bond donors (Lipinski definition) is 3. The smallest absolute Gasteiger partial charge is 0.251 e. The molecule has 0 saturated carbocycles. The summed E-state index contributed by atoms with van der Waals surface area (Å²) in [6.07, 6.45) is 4.08. The number of nitrogens with two attached hydrogens (primary N) is 2. The molecule has 86 valence electrons. The molecule has 0 saturated heterocycles. The molecule has 1 unspecified atom stereocenters. The fourth-order valence-electron chi connectivity index (χ4n) is 2.21. The average molecular weight is 219 g/mol. The first-order valence-electron chi connectivity index (χ1n) is 5.57. The van der Waals surface area contributed by atoms with Crippen molar-refractivity contribution >= 4 is 5.91 Å². The molecule has 0 spiro atoms. The van der Waals surface area contributed by atoms with Gasteiger partial charge < -0.3 is 5.73 Å². The third-order valence-corrected chi connectivity index (χ3v) is 3.10. The van der Waals surface area contributed by atoms with Crippen LogP contribution in [-0.2, 0) is 24.1 Å². The second-order valence-corrected chi connectivity index (χ2v) is 4.28. The summed E-state index contributed by atoms with van der Waals surface area (Å²) >= 11 is 0. The van der Waals surface area contributed by atoms with Crippen LogP contribution in [0.5, 0.6) is 0 Å². The first-order valence-corrected chi connectivity index (χ1v) is 5.57. The quantitative estimate of drug-likeness (QED) is 0.381. The zero-order valence-corrected chi connectivity index (χ0v) is 9.20. The van der Waals surface area contributed by atoms with Crippen molar-refractivity contribution in [1.82, 2.24) is 5.43 Å². The summed E-state index contributed by atoms with van der Waals surface area (Å²) in [5, 5.41) is 0. The standard InChI is InChI=1S/C12H17N3O/c13-11(12(16)15-14)7-8-4-5-9-2-1-3-10(9)6-8/h4-6,11H,1-3,7,13-14H2,(H,15,16). The minimum atomic E-state index is -0.565. The Kier molecular flexibility index (Phi) is 3.22. The van der Waals surface area contributed by atoms with Gasteiger partial charge in [0.15, 0.2) is 0 Å². The monoisotopic (exact) mass is 219 g/mol. The molecule has 4 nitrogen and oxygen atoms in total. The molecule has 1 aromatic rings. The summed E-state index contributed by atoms with van der Waals surface area (Å²) in [5.41, 5.74) is 11.7. The van der Waals surface area contributed by atoms with Gasteiger partial charge in [-0.3, -0.25) is 10.2 Å². The van der Waals surface area contributed by atoms with Crippen LogP contribution in [0.4, 0.5) is 0 Å². The molecule has 1 amide bonds. The maximum atomic E-state index is 11.2. The summed E-state index contributed by atoms with van der Waals surface area (Å²) in [5.74, 6) is 4.72. The molecule has 0 aromatic heterocycles. The highest BCUT2D eigenvalue weighted by Gasteiger charge is 2.15. The molecule has 0 aliphatic heterocycles. The van der Waals surface area contributed by atoms with Crippen LogP contribution in [0.1, 0.15) is 23.1 Å². The van der Waals surface area contributed by atoms with E-state index in [0.717, 1.165) is 12.0 Å². The third-order valence-electron chi connectivity index (χ3n) is 3.10. The highest BCUT2D eigenvalue weighted by Crippen LogP contribution is 2.23. The fraction of sp³-hybridized carbons (Fsp3) is 0.417. The van der Waals surface area contributed by atoms with Crippen LogP contribution in [0.3, 0.4) is 0 Å². The third kappa shape index (κ3) is 2.23. The molecular weight excluding hydrogens is 202 g/mol. The lowest BCUT2D eigenvalue weighted by Gasteiger charge is -2.10. The van der Waals surface area contributed by atoms with Crippen molar-refractivity contribution in [3.05, 3.63) is 34.9 Å². The van der Waals surface area contributed by atoms with Crippen LogP contribution in [0.2, 0.25) is 0 Å². The van der Waals surface area contributed by atoms with Crippen LogP contribution in [0.15, 0.2) is 18.2 Å². The molecule has 1 aromatic carbocycles. The predicted octanol–water partition coefficient (Wildman–Crippen LogP) is 0.0350. The van der Waals surface area contributed by atoms with E-state index in [1.165, 1.54) is 24.0 Å². The van der Waals surface area contributed by atoms with Gasteiger partial charge in [-0.25, -0.2) is 5.84 Å². The van der Waals surface area contributed by atoms with Gasteiger partial charge >= 0.3 is 0 Å². The van der Waals surface area contributed by atoms with Gasteiger partial charge in [0.2, 0.25) is 0 Å². The number of benzene rings is 1. The molecule has 0 heterocycles. The molecule has 4 heteroatoms. The van der Waals surface area contributed by atoms with Crippen molar-refractivity contribution in [2.75, 3.05) is 0 Å². The maximum absolute atomic E-state index is 11.2. The molecule has 1 atom stereocenters. The van der Waals surface area contributed by atoms with Crippen molar-refractivity contribution in [1.29, 1.82) is 0 Å². The Hall–Kier alpha value is -1.39. The number of rotatable bonds is 3. The second kappa shape index (κ2) is 4.63. The molecule has 1 aliphatic rings. The molecule has 0 bridgehead atoms. The minimum absolute atomic E-state index is 0.319. The van der Waals surface area contributed by atoms with Gasteiger partial charge in [0, 0.05) is 0 Å². The number of hydrogen-bond acceptors (Lipinski definition) is 3. The summed E-state index contributed by atoms with van der Waals surface area (Å²) in [7, 11) is 0. The van der Waals surface area contributed by atoms with E-state index in [9.17, 15) is 4.79 Å². The van der Waals surface area contributed by atoms with Gasteiger partial charge in [-0.15, -0.1) is 0 Å². The van der Waals surface area contributed by atoms with Gasteiger partial charge in [0.1, 0.15) is 0 Å². The van der Waals surface area contributed by atoms with Crippen LogP contribution >= 0.6 is 0 Å². The molecule has 0 fully saturated rings. The van der Waals surface area contributed by atoms with E-state index in [1.807, 2.05) is 6.07 Å². The van der Waals surface area contributed by atoms with Crippen molar-refractivity contribution in [3.8, 4) is 0 Å². The van der Waals surface area contributed by atoms with E-state index in [1.54, 1.807) is 0 Å². The van der Waals surface area contributed by atoms with Gasteiger partial charge in [0.25, 0.3) is 5.91 Å². The number of hydrazine groups is 1. The van der Waals surface area contributed by atoms with E-state index >= 15 is 0 Å². The van der Waals surface area contributed by atoms with E-state index in [2.05, 4.69) is 17.6 Å². The molecule has 2 rings (SSSR count). The van der Waals surface area contributed by atoms with Crippen LogP contribution < -0.4 is 17.0 Å². The number of aryl methyl sites for hydroxylation is 2. The number of carbonyl (C=O) groups is 1. The summed E-state index contributed by atoms with van der Waals surface area (Å²) in [6.45, 7) is 0. The predicted molar refractivity (Wildman–Crippen MR) is 62.5 cm³/mol. The number of carbonyl (C=O) groups excluding carboxylic acids is 1. The lowest BCUT2D eigenvalue weighted by atomic mass is 10.0. The SMILES string of the molecule is NNC(=O)C(N)Cc1ccc2c(c1)CCC2. The van der Waals surface area contributed by atoms with Crippen LogP contribution in [0.25, 0.3) is 0 Å². The molecular formula is C12H17N3O. The Bertz CT molecular complexity index is 403. The molecule has 16 heavy (non-hydrogen) atoms. The largest absolute Gasteiger partial charge is 0.320 e.